The van der Waals surface area contributed by atoms with Crippen LogP contribution >= 0.6 is 0 Å². The monoisotopic (exact) mass is 216 g/mol. The fraction of sp³-hybridized carbons (Fsp3) is 0.167. The summed E-state index contributed by atoms with van der Waals surface area (Å²) >= 11 is 0. The summed E-state index contributed by atoms with van der Waals surface area (Å²) in [6.45, 7) is 3.92. The lowest BCUT2D eigenvalue weighted by Crippen LogP contribution is -2.12. The van der Waals surface area contributed by atoms with E-state index < -0.39 is 0 Å². The molecule has 82 valence electrons. The molecule has 1 N–H and O–H groups in total. The molecule has 4 heteroatoms. The molecule has 0 aliphatic carbocycles. The SMILES string of the molecule is Cc1cc(C)cc(C(=O)Nc2ccon2)c1. The lowest BCUT2D eigenvalue weighted by Gasteiger charge is -2.04. The number of hydrogen-bond donors (Lipinski definition) is 1. The quantitative estimate of drug-likeness (QED) is 0.839. The summed E-state index contributed by atoms with van der Waals surface area (Å²) in [7, 11) is 0. The van der Waals surface area contributed by atoms with Crippen molar-refractivity contribution in [1.29, 1.82) is 0 Å². The maximum absolute atomic E-state index is 11.8. The third-order valence-corrected chi connectivity index (χ3v) is 2.16. The molecule has 0 saturated carbocycles. The van der Waals surface area contributed by atoms with Gasteiger partial charge in [-0.3, -0.25) is 4.79 Å². The van der Waals surface area contributed by atoms with Gasteiger partial charge in [0.2, 0.25) is 0 Å². The maximum Gasteiger partial charge on any atom is 0.256 e. The van der Waals surface area contributed by atoms with Crippen molar-refractivity contribution in [1.82, 2.24) is 5.16 Å². The van der Waals surface area contributed by atoms with Gasteiger partial charge in [0.15, 0.2) is 5.82 Å². The molecule has 0 bridgehead atoms. The van der Waals surface area contributed by atoms with E-state index in [0.29, 0.717) is 11.4 Å². The van der Waals surface area contributed by atoms with Crippen LogP contribution in [0.2, 0.25) is 0 Å². The van der Waals surface area contributed by atoms with Gasteiger partial charge in [-0.2, -0.15) is 0 Å². The number of anilines is 1. The minimum atomic E-state index is -0.180. The summed E-state index contributed by atoms with van der Waals surface area (Å²) in [6.07, 6.45) is 1.41. The molecule has 2 aromatic rings. The van der Waals surface area contributed by atoms with Gasteiger partial charge in [0.25, 0.3) is 5.91 Å². The average Bonchev–Trinajstić information content (AvgIpc) is 2.68. The highest BCUT2D eigenvalue weighted by Crippen LogP contribution is 2.11. The summed E-state index contributed by atoms with van der Waals surface area (Å²) < 4.78 is 4.63. The van der Waals surface area contributed by atoms with Gasteiger partial charge in [-0.15, -0.1) is 0 Å². The zero-order chi connectivity index (χ0) is 11.5. The smallest absolute Gasteiger partial charge is 0.256 e. The largest absolute Gasteiger partial charge is 0.363 e. The van der Waals surface area contributed by atoms with Crippen LogP contribution in [0.1, 0.15) is 21.5 Å². The molecule has 4 nitrogen and oxygen atoms in total. The number of carbonyl (C=O) groups excluding carboxylic acids is 1. The van der Waals surface area contributed by atoms with Crippen molar-refractivity contribution < 1.29 is 9.32 Å². The van der Waals surface area contributed by atoms with Crippen LogP contribution < -0.4 is 5.32 Å². The second-order valence-electron chi connectivity index (χ2n) is 3.72. The standard InChI is InChI=1S/C12H12N2O2/c1-8-5-9(2)7-10(6-8)12(15)13-11-3-4-16-14-11/h3-7H,1-2H3,(H,13,14,15). The normalized spacial score (nSPS) is 10.1. The van der Waals surface area contributed by atoms with Gasteiger partial charge in [-0.05, 0) is 26.0 Å². The highest BCUT2D eigenvalue weighted by atomic mass is 16.5. The number of carbonyl (C=O) groups is 1. The van der Waals surface area contributed by atoms with E-state index in [9.17, 15) is 4.79 Å². The number of benzene rings is 1. The Labute approximate surface area is 93.3 Å². The molecule has 0 aliphatic heterocycles. The Morgan fingerprint density at radius 3 is 2.50 bits per heavy atom. The molecular weight excluding hydrogens is 204 g/mol. The first-order valence-electron chi connectivity index (χ1n) is 4.95. The van der Waals surface area contributed by atoms with Gasteiger partial charge in [0.05, 0.1) is 0 Å². The molecule has 0 spiro atoms. The van der Waals surface area contributed by atoms with Crippen molar-refractivity contribution in [3.8, 4) is 0 Å². The minimum absolute atomic E-state index is 0.180. The molecule has 0 unspecified atom stereocenters. The van der Waals surface area contributed by atoms with Crippen molar-refractivity contribution in [2.24, 2.45) is 0 Å². The van der Waals surface area contributed by atoms with E-state index in [1.807, 2.05) is 32.0 Å². The summed E-state index contributed by atoms with van der Waals surface area (Å²) in [5, 5.41) is 6.27. The van der Waals surface area contributed by atoms with Crippen molar-refractivity contribution in [3.63, 3.8) is 0 Å². The Kier molecular flexibility index (Phi) is 2.72. The summed E-state index contributed by atoms with van der Waals surface area (Å²) in [4.78, 5) is 11.8. The Morgan fingerprint density at radius 2 is 1.94 bits per heavy atom. The zero-order valence-corrected chi connectivity index (χ0v) is 9.15. The second-order valence-corrected chi connectivity index (χ2v) is 3.72. The first kappa shape index (κ1) is 10.4. The number of hydrogen-bond acceptors (Lipinski definition) is 3. The highest BCUT2D eigenvalue weighted by molar-refractivity contribution is 6.03. The van der Waals surface area contributed by atoms with E-state index in [0.717, 1.165) is 11.1 Å². The molecule has 0 atom stereocenters. The van der Waals surface area contributed by atoms with E-state index in [4.69, 9.17) is 0 Å². The summed E-state index contributed by atoms with van der Waals surface area (Å²) in [5.74, 6) is 0.241. The van der Waals surface area contributed by atoms with Crippen molar-refractivity contribution in [2.45, 2.75) is 13.8 Å². The van der Waals surface area contributed by atoms with Gasteiger partial charge in [-0.1, -0.05) is 22.3 Å². The topological polar surface area (TPSA) is 55.1 Å². The van der Waals surface area contributed by atoms with Crippen LogP contribution in [0.4, 0.5) is 5.82 Å². The molecule has 0 saturated heterocycles. The first-order valence-corrected chi connectivity index (χ1v) is 4.95. The van der Waals surface area contributed by atoms with Crippen LogP contribution in [0, 0.1) is 13.8 Å². The van der Waals surface area contributed by atoms with Crippen LogP contribution in [0.3, 0.4) is 0 Å². The van der Waals surface area contributed by atoms with Crippen LogP contribution in [-0.2, 0) is 0 Å². The molecule has 1 aromatic carbocycles. The van der Waals surface area contributed by atoms with Crippen LogP contribution in [0.15, 0.2) is 35.1 Å². The predicted octanol–water partition coefficient (Wildman–Crippen LogP) is 2.54. The van der Waals surface area contributed by atoms with Gasteiger partial charge in [0, 0.05) is 11.6 Å². The summed E-state index contributed by atoms with van der Waals surface area (Å²) in [6, 6.07) is 7.29. The molecule has 1 heterocycles. The molecule has 0 aliphatic rings. The van der Waals surface area contributed by atoms with E-state index in [-0.39, 0.29) is 5.91 Å². The van der Waals surface area contributed by atoms with Gasteiger partial charge in [0.1, 0.15) is 6.26 Å². The van der Waals surface area contributed by atoms with Crippen molar-refractivity contribution in [3.05, 3.63) is 47.2 Å². The second kappa shape index (κ2) is 4.18. The van der Waals surface area contributed by atoms with E-state index in [2.05, 4.69) is 15.0 Å². The van der Waals surface area contributed by atoms with Crippen LogP contribution in [0.5, 0.6) is 0 Å². The van der Waals surface area contributed by atoms with Gasteiger partial charge < -0.3 is 9.84 Å². The summed E-state index contributed by atoms with van der Waals surface area (Å²) in [5.41, 5.74) is 2.75. The average molecular weight is 216 g/mol. The number of rotatable bonds is 2. The minimum Gasteiger partial charge on any atom is -0.363 e. The molecule has 1 aromatic heterocycles. The van der Waals surface area contributed by atoms with E-state index in [1.54, 1.807) is 6.07 Å². The molecule has 2 rings (SSSR count). The Morgan fingerprint density at radius 1 is 1.25 bits per heavy atom. The van der Waals surface area contributed by atoms with Gasteiger partial charge >= 0.3 is 0 Å². The number of nitrogens with one attached hydrogen (secondary N) is 1. The lowest BCUT2D eigenvalue weighted by molar-refractivity contribution is 0.102. The molecular formula is C12H12N2O2. The molecule has 0 fully saturated rings. The fourth-order valence-electron chi connectivity index (χ4n) is 1.57. The number of amides is 1. The van der Waals surface area contributed by atoms with Crippen LogP contribution in [-0.4, -0.2) is 11.1 Å². The Balaban J connectivity index is 2.21. The predicted molar refractivity (Wildman–Crippen MR) is 60.4 cm³/mol. The maximum atomic E-state index is 11.8. The molecule has 1 amide bonds. The number of aromatic nitrogens is 1. The van der Waals surface area contributed by atoms with Gasteiger partial charge in [-0.25, -0.2) is 0 Å². The highest BCUT2D eigenvalue weighted by Gasteiger charge is 2.08. The Bertz CT molecular complexity index is 483. The number of nitrogens with zero attached hydrogens (tertiary/aromatic N) is 1. The third-order valence-electron chi connectivity index (χ3n) is 2.16. The van der Waals surface area contributed by atoms with E-state index in [1.165, 1.54) is 6.26 Å². The Hall–Kier alpha value is -2.10. The van der Waals surface area contributed by atoms with Crippen molar-refractivity contribution in [2.75, 3.05) is 5.32 Å². The zero-order valence-electron chi connectivity index (χ0n) is 9.15. The van der Waals surface area contributed by atoms with Crippen LogP contribution in [0.25, 0.3) is 0 Å². The van der Waals surface area contributed by atoms with E-state index >= 15 is 0 Å². The lowest BCUT2D eigenvalue weighted by atomic mass is 10.1. The third kappa shape index (κ3) is 2.28. The fourth-order valence-corrected chi connectivity index (χ4v) is 1.57. The molecule has 0 radical (unpaired) electrons. The molecule has 16 heavy (non-hydrogen) atoms. The number of aryl methyl sites for hydroxylation is 2. The van der Waals surface area contributed by atoms with Crippen molar-refractivity contribution >= 4 is 11.7 Å². The first-order chi connectivity index (χ1) is 7.65.